The van der Waals surface area contributed by atoms with Gasteiger partial charge in [-0.3, -0.25) is 9.59 Å². The number of hydrogen-bond donors (Lipinski definition) is 2. The number of nitrogens with zero attached hydrogens (tertiary/aromatic N) is 1. The molecular formula is C26H31F3N2O6. The lowest BCUT2D eigenvalue weighted by Crippen LogP contribution is -2.45. The van der Waals surface area contributed by atoms with Crippen LogP contribution in [0.5, 0.6) is 17.4 Å². The van der Waals surface area contributed by atoms with Crippen molar-refractivity contribution in [3.05, 3.63) is 47.7 Å². The third kappa shape index (κ3) is 7.74. The van der Waals surface area contributed by atoms with Gasteiger partial charge >= 0.3 is 12.3 Å². The van der Waals surface area contributed by atoms with E-state index in [1.165, 1.54) is 37.6 Å². The summed E-state index contributed by atoms with van der Waals surface area (Å²) in [5.41, 5.74) is -0.274. The van der Waals surface area contributed by atoms with Gasteiger partial charge in [0.15, 0.2) is 5.75 Å². The first kappa shape index (κ1) is 28.1. The van der Waals surface area contributed by atoms with E-state index < -0.39 is 23.7 Å². The average molecular weight is 525 g/mol. The van der Waals surface area contributed by atoms with Crippen LogP contribution in [0.15, 0.2) is 36.5 Å². The van der Waals surface area contributed by atoms with Crippen LogP contribution in [0.2, 0.25) is 0 Å². The molecule has 0 saturated heterocycles. The third-order valence-electron chi connectivity index (χ3n) is 6.73. The van der Waals surface area contributed by atoms with Crippen molar-refractivity contribution in [2.75, 3.05) is 20.3 Å². The number of methoxy groups -OCH3 is 1. The molecule has 3 rings (SSSR count). The topological polar surface area (TPSA) is 107 Å². The van der Waals surface area contributed by atoms with Crippen LogP contribution in [0.25, 0.3) is 0 Å². The lowest BCUT2D eigenvalue weighted by Gasteiger charge is -2.36. The number of pyridine rings is 1. The van der Waals surface area contributed by atoms with Gasteiger partial charge in [0, 0.05) is 25.2 Å². The summed E-state index contributed by atoms with van der Waals surface area (Å²) in [7, 11) is 1.39. The third-order valence-corrected chi connectivity index (χ3v) is 6.73. The molecular weight excluding hydrogens is 493 g/mol. The molecule has 1 aliphatic carbocycles. The van der Waals surface area contributed by atoms with Crippen LogP contribution in [0, 0.1) is 11.3 Å². The van der Waals surface area contributed by atoms with E-state index in [1.54, 1.807) is 6.07 Å². The van der Waals surface area contributed by atoms with E-state index >= 15 is 0 Å². The van der Waals surface area contributed by atoms with Gasteiger partial charge in [-0.15, -0.1) is 13.2 Å². The maximum Gasteiger partial charge on any atom is 0.573 e. The molecule has 8 nitrogen and oxygen atoms in total. The SMILES string of the molecule is CCC1CCC(CNC(=O)c2cnc(OC)c(OCCc3cccc(OC(F)(F)F)c3)c2)(C(=O)O)CC1. The fraction of sp³-hybridized carbons (Fsp3) is 0.500. The van der Waals surface area contributed by atoms with Gasteiger partial charge in [0.05, 0.1) is 24.7 Å². The number of ether oxygens (including phenoxy) is 3. The quantitative estimate of drug-likeness (QED) is 0.426. The van der Waals surface area contributed by atoms with E-state index in [9.17, 15) is 27.9 Å². The molecule has 11 heteroatoms. The van der Waals surface area contributed by atoms with Crippen molar-refractivity contribution in [1.29, 1.82) is 0 Å². The number of aliphatic carboxylic acids is 1. The number of carbonyl (C=O) groups excluding carboxylic acids is 1. The van der Waals surface area contributed by atoms with Crippen LogP contribution in [0.3, 0.4) is 0 Å². The van der Waals surface area contributed by atoms with Crippen LogP contribution in [0.4, 0.5) is 13.2 Å². The Labute approximate surface area is 213 Å². The average Bonchev–Trinajstić information content (AvgIpc) is 2.86. The van der Waals surface area contributed by atoms with E-state index in [0.29, 0.717) is 24.3 Å². The Morgan fingerprint density at radius 1 is 1.22 bits per heavy atom. The number of aromatic nitrogens is 1. The summed E-state index contributed by atoms with van der Waals surface area (Å²) >= 11 is 0. The molecule has 0 spiro atoms. The zero-order valence-corrected chi connectivity index (χ0v) is 20.8. The van der Waals surface area contributed by atoms with Crippen LogP contribution >= 0.6 is 0 Å². The summed E-state index contributed by atoms with van der Waals surface area (Å²) in [6.45, 7) is 2.17. The summed E-state index contributed by atoms with van der Waals surface area (Å²) in [5, 5.41) is 12.6. The minimum atomic E-state index is -4.78. The number of rotatable bonds is 11. The van der Waals surface area contributed by atoms with E-state index in [2.05, 4.69) is 22.0 Å². The van der Waals surface area contributed by atoms with Gasteiger partial charge < -0.3 is 24.6 Å². The van der Waals surface area contributed by atoms with Gasteiger partial charge in [0.2, 0.25) is 0 Å². The number of carbonyl (C=O) groups is 2. The number of halogens is 3. The first-order chi connectivity index (χ1) is 17.5. The van der Waals surface area contributed by atoms with Gasteiger partial charge in [0.25, 0.3) is 11.8 Å². The number of benzene rings is 1. The Bertz CT molecular complexity index is 1080. The minimum Gasteiger partial charge on any atom is -0.488 e. The fourth-order valence-electron chi connectivity index (χ4n) is 4.45. The van der Waals surface area contributed by atoms with Gasteiger partial charge in [-0.2, -0.15) is 0 Å². The van der Waals surface area contributed by atoms with Crippen molar-refractivity contribution in [3.8, 4) is 17.4 Å². The van der Waals surface area contributed by atoms with Crippen molar-refractivity contribution in [2.24, 2.45) is 11.3 Å². The molecule has 1 amide bonds. The van der Waals surface area contributed by atoms with Crippen molar-refractivity contribution >= 4 is 11.9 Å². The standard InChI is InChI=1S/C26H31F3N2O6/c1-3-17-7-10-25(11-8-17,24(33)34)16-31-22(32)19-14-21(23(35-2)30-15-19)36-12-9-18-5-4-6-20(13-18)37-26(27,28)29/h4-6,13-15,17H,3,7-12,16H2,1-2H3,(H,31,32)(H,33,34). The maximum atomic E-state index is 12.8. The molecule has 0 atom stereocenters. The van der Waals surface area contributed by atoms with Gasteiger partial charge in [-0.1, -0.05) is 25.5 Å². The molecule has 1 saturated carbocycles. The second-order valence-corrected chi connectivity index (χ2v) is 9.14. The Morgan fingerprint density at radius 3 is 2.57 bits per heavy atom. The summed E-state index contributed by atoms with van der Waals surface area (Å²) < 4.78 is 52.2. The molecule has 202 valence electrons. The maximum absolute atomic E-state index is 12.8. The molecule has 1 aromatic carbocycles. The Hall–Kier alpha value is -3.50. The van der Waals surface area contributed by atoms with Crippen LogP contribution in [-0.2, 0) is 11.2 Å². The predicted molar refractivity (Wildman–Crippen MR) is 128 cm³/mol. The molecule has 1 aliphatic rings. The number of amides is 1. The Morgan fingerprint density at radius 2 is 1.95 bits per heavy atom. The second-order valence-electron chi connectivity index (χ2n) is 9.14. The molecule has 2 aromatic rings. The molecule has 0 bridgehead atoms. The number of alkyl halides is 3. The van der Waals surface area contributed by atoms with E-state index in [0.717, 1.165) is 19.3 Å². The predicted octanol–water partition coefficient (Wildman–Crippen LogP) is 5.01. The van der Waals surface area contributed by atoms with Crippen LogP contribution < -0.4 is 19.5 Å². The highest BCUT2D eigenvalue weighted by Crippen LogP contribution is 2.40. The Kier molecular flexibility index (Phi) is 9.23. The fourth-order valence-corrected chi connectivity index (χ4v) is 4.45. The monoisotopic (exact) mass is 524 g/mol. The van der Waals surface area contributed by atoms with Crippen LogP contribution in [0.1, 0.15) is 54.9 Å². The molecule has 1 aromatic heterocycles. The first-order valence-electron chi connectivity index (χ1n) is 12.1. The smallest absolute Gasteiger partial charge is 0.488 e. The molecule has 0 radical (unpaired) electrons. The zero-order chi connectivity index (χ0) is 27.1. The molecule has 0 aliphatic heterocycles. The highest BCUT2D eigenvalue weighted by atomic mass is 19.4. The van der Waals surface area contributed by atoms with E-state index in [-0.39, 0.29) is 42.5 Å². The van der Waals surface area contributed by atoms with Gasteiger partial charge in [-0.25, -0.2) is 4.98 Å². The summed E-state index contributed by atoms with van der Waals surface area (Å²) in [6.07, 6.45) is 0.424. The summed E-state index contributed by atoms with van der Waals surface area (Å²) in [5.74, 6) is -0.919. The number of carboxylic acids is 1. The van der Waals surface area contributed by atoms with Crippen molar-refractivity contribution in [1.82, 2.24) is 10.3 Å². The van der Waals surface area contributed by atoms with Gasteiger partial charge in [-0.05, 0) is 49.3 Å². The molecule has 37 heavy (non-hydrogen) atoms. The highest BCUT2D eigenvalue weighted by Gasteiger charge is 2.42. The first-order valence-corrected chi connectivity index (χ1v) is 12.1. The zero-order valence-electron chi connectivity index (χ0n) is 20.8. The normalized spacial score (nSPS) is 19.6. The second kappa shape index (κ2) is 12.2. The minimum absolute atomic E-state index is 0.0101. The van der Waals surface area contributed by atoms with Crippen molar-refractivity contribution in [2.45, 2.75) is 51.8 Å². The Balaban J connectivity index is 1.62. The van der Waals surface area contributed by atoms with E-state index in [1.807, 2.05) is 0 Å². The molecule has 1 fully saturated rings. The van der Waals surface area contributed by atoms with Crippen molar-refractivity contribution in [3.63, 3.8) is 0 Å². The number of carboxylic acid groups (broad SMARTS) is 1. The lowest BCUT2D eigenvalue weighted by atomic mass is 9.69. The lowest BCUT2D eigenvalue weighted by molar-refractivity contribution is -0.274. The number of nitrogens with one attached hydrogen (secondary N) is 1. The molecule has 1 heterocycles. The van der Waals surface area contributed by atoms with Crippen LogP contribution in [-0.4, -0.2) is 48.6 Å². The summed E-state index contributed by atoms with van der Waals surface area (Å²) in [4.78, 5) is 28.9. The number of hydrogen-bond acceptors (Lipinski definition) is 6. The molecule has 0 unspecified atom stereocenters. The van der Waals surface area contributed by atoms with Crippen molar-refractivity contribution < 1.29 is 42.1 Å². The van der Waals surface area contributed by atoms with Gasteiger partial charge in [0.1, 0.15) is 5.75 Å². The van der Waals surface area contributed by atoms with E-state index in [4.69, 9.17) is 9.47 Å². The largest absolute Gasteiger partial charge is 0.573 e. The summed E-state index contributed by atoms with van der Waals surface area (Å²) in [6, 6.07) is 6.99. The molecule has 2 N–H and O–H groups in total. The highest BCUT2D eigenvalue weighted by molar-refractivity contribution is 5.94.